The third-order valence-corrected chi connectivity index (χ3v) is 11.6. The molecule has 0 unspecified atom stereocenters. The highest BCUT2D eigenvalue weighted by atomic mass is 15.0. The fourth-order valence-corrected chi connectivity index (χ4v) is 9.07. The molecule has 0 bridgehead atoms. The van der Waals surface area contributed by atoms with Crippen LogP contribution in [0.25, 0.3) is 105 Å². The maximum absolute atomic E-state index is 2.47. The molecule has 0 atom stereocenters. The summed E-state index contributed by atoms with van der Waals surface area (Å²) in [4.78, 5) is 0. The Hall–Kier alpha value is -7.48. The third-order valence-electron chi connectivity index (χ3n) is 11.6. The zero-order chi connectivity index (χ0) is 37.7. The molecule has 11 aromatic rings. The van der Waals surface area contributed by atoms with E-state index in [0.717, 1.165) is 5.69 Å². The van der Waals surface area contributed by atoms with Crippen LogP contribution in [0.4, 0.5) is 0 Å². The van der Waals surface area contributed by atoms with Crippen molar-refractivity contribution in [2.45, 2.75) is 0 Å². The number of rotatable bonds is 6. The first-order valence-corrected chi connectivity index (χ1v) is 19.7. The minimum absolute atomic E-state index is 1.13. The Bertz CT molecular complexity index is 3230. The van der Waals surface area contributed by atoms with Crippen LogP contribution in [0.2, 0.25) is 0 Å². The van der Waals surface area contributed by atoms with E-state index in [0.29, 0.717) is 0 Å². The summed E-state index contributed by atoms with van der Waals surface area (Å²) in [7, 11) is 0. The largest absolute Gasteiger partial charge is 0.309 e. The fraction of sp³-hybridized carbons (Fsp3) is 0. The van der Waals surface area contributed by atoms with Crippen molar-refractivity contribution in [2.75, 3.05) is 0 Å². The number of benzene rings is 10. The number of para-hydroxylation sites is 1. The average Bonchev–Trinajstić information content (AvgIpc) is 3.63. The molecule has 0 aliphatic rings. The molecule has 0 amide bonds. The molecule has 1 aromatic heterocycles. The van der Waals surface area contributed by atoms with Crippen LogP contribution in [0.3, 0.4) is 0 Å². The number of fused-ring (bicyclic) bond motifs is 5. The lowest BCUT2D eigenvalue weighted by atomic mass is 9.85. The van der Waals surface area contributed by atoms with Gasteiger partial charge in [-0.25, -0.2) is 0 Å². The van der Waals surface area contributed by atoms with Crippen molar-refractivity contribution in [3.8, 4) is 61.3 Å². The second-order valence-corrected chi connectivity index (χ2v) is 14.8. The van der Waals surface area contributed by atoms with Crippen molar-refractivity contribution >= 4 is 43.4 Å². The van der Waals surface area contributed by atoms with E-state index in [1.165, 1.54) is 99.0 Å². The smallest absolute Gasteiger partial charge is 0.0625 e. The third kappa shape index (κ3) is 5.47. The van der Waals surface area contributed by atoms with Crippen molar-refractivity contribution in [1.82, 2.24) is 4.57 Å². The van der Waals surface area contributed by atoms with Gasteiger partial charge in [-0.05, 0) is 95.9 Å². The summed E-state index contributed by atoms with van der Waals surface area (Å²) in [6.07, 6.45) is 0. The lowest BCUT2D eigenvalue weighted by Crippen LogP contribution is -1.97. The van der Waals surface area contributed by atoms with Crippen LogP contribution in [0.5, 0.6) is 0 Å². The highest BCUT2D eigenvalue weighted by molar-refractivity contribution is 6.22. The molecule has 1 nitrogen and oxygen atoms in total. The van der Waals surface area contributed by atoms with Crippen LogP contribution in [0.15, 0.2) is 224 Å². The quantitative estimate of drug-likeness (QED) is 0.151. The molecular formula is C56H37N. The first-order chi connectivity index (χ1) is 28.3. The first kappa shape index (κ1) is 32.9. The van der Waals surface area contributed by atoms with Crippen LogP contribution in [0, 0.1) is 0 Å². The minimum Gasteiger partial charge on any atom is -0.309 e. The number of nitrogens with zero attached hydrogens (tertiary/aromatic N) is 1. The summed E-state index contributed by atoms with van der Waals surface area (Å²) in [6.45, 7) is 0. The highest BCUT2D eigenvalue weighted by Gasteiger charge is 2.21. The molecule has 57 heavy (non-hydrogen) atoms. The van der Waals surface area contributed by atoms with Crippen LogP contribution in [-0.4, -0.2) is 4.57 Å². The molecule has 0 aliphatic carbocycles. The summed E-state index contributed by atoms with van der Waals surface area (Å²) in [6, 6.07) is 81.9. The molecule has 1 heterocycles. The summed E-state index contributed by atoms with van der Waals surface area (Å²) >= 11 is 0. The van der Waals surface area contributed by atoms with Gasteiger partial charge in [-0.1, -0.05) is 200 Å². The monoisotopic (exact) mass is 723 g/mol. The highest BCUT2D eigenvalue weighted by Crippen LogP contribution is 2.46. The SMILES string of the molecule is c1ccc(-c2ccc3c4ccccc4n(-c4ccc(-c5ccc6c(-c7ccccc7)c7ccccc7c(-c7ccccc7)c6c5)cc4)c3c2-c2ccccc2)cc1. The molecular weight excluding hydrogens is 687 g/mol. The van der Waals surface area contributed by atoms with Crippen LogP contribution >= 0.6 is 0 Å². The van der Waals surface area contributed by atoms with Gasteiger partial charge in [-0.2, -0.15) is 0 Å². The van der Waals surface area contributed by atoms with Crippen molar-refractivity contribution in [2.24, 2.45) is 0 Å². The molecule has 266 valence electrons. The molecule has 0 spiro atoms. The maximum atomic E-state index is 2.47. The predicted octanol–water partition coefficient (Wildman–Crippen LogP) is 15.4. The molecule has 0 N–H and O–H groups in total. The van der Waals surface area contributed by atoms with Gasteiger partial charge in [0.25, 0.3) is 0 Å². The van der Waals surface area contributed by atoms with Gasteiger partial charge < -0.3 is 4.57 Å². The standard InChI is InChI=1S/C56H37N/c1-5-17-39(18-6-1)45-35-36-50-46-25-15-16-28-52(46)57(56(50)55(45)42-23-11-4-12-24-42)44-32-29-38(30-33-44)43-31-34-49-51(37-43)54(41-21-9-3-10-22-41)48-27-14-13-26-47(48)53(49)40-19-7-2-8-20-40/h1-37H. The van der Waals surface area contributed by atoms with Crippen molar-refractivity contribution in [3.63, 3.8) is 0 Å². The summed E-state index contributed by atoms with van der Waals surface area (Å²) < 4.78 is 2.47. The zero-order valence-corrected chi connectivity index (χ0v) is 31.3. The number of hydrogen-bond acceptors (Lipinski definition) is 0. The van der Waals surface area contributed by atoms with E-state index in [4.69, 9.17) is 0 Å². The predicted molar refractivity (Wildman–Crippen MR) is 243 cm³/mol. The van der Waals surface area contributed by atoms with E-state index in [9.17, 15) is 0 Å². The van der Waals surface area contributed by atoms with Gasteiger partial charge in [0.15, 0.2) is 0 Å². The Labute approximate surface area is 332 Å². The number of hydrogen-bond donors (Lipinski definition) is 0. The lowest BCUT2D eigenvalue weighted by molar-refractivity contribution is 1.18. The Morgan fingerprint density at radius 1 is 0.246 bits per heavy atom. The Kier molecular flexibility index (Phi) is 7.89. The van der Waals surface area contributed by atoms with Crippen molar-refractivity contribution < 1.29 is 0 Å². The second-order valence-electron chi connectivity index (χ2n) is 14.8. The molecule has 0 saturated heterocycles. The van der Waals surface area contributed by atoms with Gasteiger partial charge in [0, 0.05) is 22.0 Å². The molecule has 0 radical (unpaired) electrons. The molecule has 11 rings (SSSR count). The van der Waals surface area contributed by atoms with Crippen LogP contribution in [-0.2, 0) is 0 Å². The lowest BCUT2D eigenvalue weighted by Gasteiger charge is -2.19. The van der Waals surface area contributed by atoms with E-state index in [1.54, 1.807) is 0 Å². The Morgan fingerprint density at radius 2 is 0.684 bits per heavy atom. The van der Waals surface area contributed by atoms with E-state index in [-0.39, 0.29) is 0 Å². The summed E-state index contributed by atoms with van der Waals surface area (Å²) in [5.41, 5.74) is 15.8. The van der Waals surface area contributed by atoms with Crippen molar-refractivity contribution in [1.29, 1.82) is 0 Å². The second kappa shape index (κ2) is 13.7. The van der Waals surface area contributed by atoms with Gasteiger partial charge in [0.1, 0.15) is 0 Å². The fourth-order valence-electron chi connectivity index (χ4n) is 9.07. The molecule has 0 aliphatic heterocycles. The van der Waals surface area contributed by atoms with Gasteiger partial charge in [0.05, 0.1) is 11.0 Å². The van der Waals surface area contributed by atoms with E-state index in [2.05, 4.69) is 229 Å². The van der Waals surface area contributed by atoms with Gasteiger partial charge in [-0.15, -0.1) is 0 Å². The van der Waals surface area contributed by atoms with E-state index < -0.39 is 0 Å². The van der Waals surface area contributed by atoms with Crippen molar-refractivity contribution in [3.05, 3.63) is 224 Å². The first-order valence-electron chi connectivity index (χ1n) is 19.7. The average molecular weight is 724 g/mol. The van der Waals surface area contributed by atoms with E-state index >= 15 is 0 Å². The summed E-state index contributed by atoms with van der Waals surface area (Å²) in [5.74, 6) is 0. The van der Waals surface area contributed by atoms with Gasteiger partial charge in [0.2, 0.25) is 0 Å². The van der Waals surface area contributed by atoms with Crippen LogP contribution < -0.4 is 0 Å². The summed E-state index contributed by atoms with van der Waals surface area (Å²) in [5, 5.41) is 7.53. The molecule has 0 fully saturated rings. The normalized spacial score (nSPS) is 11.5. The topological polar surface area (TPSA) is 4.93 Å². The van der Waals surface area contributed by atoms with Crippen LogP contribution in [0.1, 0.15) is 0 Å². The van der Waals surface area contributed by atoms with Gasteiger partial charge in [-0.3, -0.25) is 0 Å². The van der Waals surface area contributed by atoms with Gasteiger partial charge >= 0.3 is 0 Å². The minimum atomic E-state index is 1.13. The molecule has 1 heteroatoms. The number of aromatic nitrogens is 1. The Balaban J connectivity index is 1.13. The zero-order valence-electron chi connectivity index (χ0n) is 31.3. The molecule has 10 aromatic carbocycles. The molecule has 0 saturated carbocycles. The van der Waals surface area contributed by atoms with E-state index in [1.807, 2.05) is 0 Å². The Morgan fingerprint density at radius 3 is 1.28 bits per heavy atom. The maximum Gasteiger partial charge on any atom is 0.0625 e.